The van der Waals surface area contributed by atoms with Crippen LogP contribution in [0.4, 0.5) is 0 Å². The van der Waals surface area contributed by atoms with E-state index in [0.29, 0.717) is 6.61 Å². The molecule has 0 amide bonds. The maximum absolute atomic E-state index is 10.6. The van der Waals surface area contributed by atoms with Crippen molar-refractivity contribution in [1.82, 2.24) is 14.5 Å². The molecule has 5 atom stereocenters. The summed E-state index contributed by atoms with van der Waals surface area (Å²) in [5.41, 5.74) is 0. The zero-order valence-corrected chi connectivity index (χ0v) is 10.9. The lowest BCUT2D eigenvalue weighted by Crippen LogP contribution is -2.57. The molecule has 2 fully saturated rings. The summed E-state index contributed by atoms with van der Waals surface area (Å²) in [7, 11) is 3.90. The molecule has 0 radical (unpaired) electrons. The highest BCUT2D eigenvalue weighted by Gasteiger charge is 2.51. The fraction of sp³-hybridized carbons (Fsp3) is 0.750. The van der Waals surface area contributed by atoms with Crippen molar-refractivity contribution in [2.75, 3.05) is 20.7 Å². The molecule has 2 aliphatic rings. The van der Waals surface area contributed by atoms with E-state index in [-0.39, 0.29) is 24.5 Å². The van der Waals surface area contributed by atoms with Crippen LogP contribution in [-0.4, -0.2) is 64.8 Å². The second kappa shape index (κ2) is 4.31. The van der Waals surface area contributed by atoms with Crippen molar-refractivity contribution in [3.05, 3.63) is 18.2 Å². The van der Waals surface area contributed by atoms with E-state index >= 15 is 0 Å². The summed E-state index contributed by atoms with van der Waals surface area (Å²) < 4.78 is 13.5. The van der Waals surface area contributed by atoms with Gasteiger partial charge in [-0.05, 0) is 21.0 Å². The van der Waals surface area contributed by atoms with Crippen LogP contribution in [0.2, 0.25) is 0 Å². The van der Waals surface area contributed by atoms with E-state index in [9.17, 15) is 5.11 Å². The molecular formula is C12H19N3O3. The van der Waals surface area contributed by atoms with Gasteiger partial charge in [0.1, 0.15) is 18.0 Å². The number of hydrogen-bond donors (Lipinski definition) is 1. The zero-order chi connectivity index (χ0) is 12.9. The average Bonchev–Trinajstić information content (AvgIpc) is 2.88. The van der Waals surface area contributed by atoms with Crippen LogP contribution in [0.25, 0.3) is 0 Å². The highest BCUT2D eigenvalue weighted by Crippen LogP contribution is 2.37. The van der Waals surface area contributed by atoms with Crippen LogP contribution in [0.15, 0.2) is 12.4 Å². The lowest BCUT2D eigenvalue weighted by molar-refractivity contribution is -0.178. The van der Waals surface area contributed by atoms with Crippen LogP contribution < -0.4 is 0 Å². The molecule has 5 unspecified atom stereocenters. The van der Waals surface area contributed by atoms with Gasteiger partial charge in [0.15, 0.2) is 6.29 Å². The molecule has 3 rings (SSSR count). The Hall–Kier alpha value is -0.950. The first-order chi connectivity index (χ1) is 8.59. The monoisotopic (exact) mass is 253 g/mol. The Morgan fingerprint density at radius 2 is 2.28 bits per heavy atom. The van der Waals surface area contributed by atoms with Crippen LogP contribution in [-0.2, 0) is 9.47 Å². The number of nitrogens with zero attached hydrogens (tertiary/aromatic N) is 3. The van der Waals surface area contributed by atoms with Crippen molar-refractivity contribution in [1.29, 1.82) is 0 Å². The number of fused-ring (bicyclic) bond motifs is 2. The Morgan fingerprint density at radius 3 is 2.89 bits per heavy atom. The minimum absolute atomic E-state index is 0.0555. The van der Waals surface area contributed by atoms with Gasteiger partial charge in [-0.15, -0.1) is 0 Å². The van der Waals surface area contributed by atoms with E-state index in [0.717, 1.165) is 5.82 Å². The van der Waals surface area contributed by atoms with E-state index in [4.69, 9.17) is 9.47 Å². The van der Waals surface area contributed by atoms with Gasteiger partial charge in [-0.25, -0.2) is 4.98 Å². The minimum atomic E-state index is -0.529. The quantitative estimate of drug-likeness (QED) is 0.789. The number of likely N-dealkylation sites (N-methyl/N-ethyl adjacent to an activating group) is 1. The molecule has 0 spiro atoms. The molecule has 0 aromatic carbocycles. The van der Waals surface area contributed by atoms with Crippen LogP contribution in [0.1, 0.15) is 11.9 Å². The SMILES string of the molecule is Cc1nccn1C1C2OCC(O2)C(N(C)C)C1O. The van der Waals surface area contributed by atoms with Crippen molar-refractivity contribution >= 4 is 0 Å². The van der Waals surface area contributed by atoms with Crippen molar-refractivity contribution < 1.29 is 14.6 Å². The Morgan fingerprint density at radius 1 is 1.50 bits per heavy atom. The summed E-state index contributed by atoms with van der Waals surface area (Å²) in [4.78, 5) is 6.21. The smallest absolute Gasteiger partial charge is 0.181 e. The highest BCUT2D eigenvalue weighted by molar-refractivity contribution is 5.04. The first-order valence-corrected chi connectivity index (χ1v) is 6.20. The molecule has 1 N–H and O–H groups in total. The third kappa shape index (κ3) is 1.68. The third-order valence-electron chi connectivity index (χ3n) is 3.87. The first kappa shape index (κ1) is 12.1. The maximum atomic E-state index is 10.6. The van der Waals surface area contributed by atoms with Crippen molar-refractivity contribution in [3.8, 4) is 0 Å². The Labute approximate surface area is 106 Å². The molecule has 2 bridgehead atoms. The molecule has 100 valence electrons. The fourth-order valence-electron chi connectivity index (χ4n) is 3.02. The largest absolute Gasteiger partial charge is 0.389 e. The van der Waals surface area contributed by atoms with Gasteiger partial charge < -0.3 is 24.0 Å². The molecule has 2 aliphatic heterocycles. The molecule has 6 heteroatoms. The molecule has 1 aromatic rings. The van der Waals surface area contributed by atoms with Crippen LogP contribution >= 0.6 is 0 Å². The molecule has 18 heavy (non-hydrogen) atoms. The summed E-state index contributed by atoms with van der Waals surface area (Å²) in [5.74, 6) is 0.856. The Kier molecular flexibility index (Phi) is 2.90. The van der Waals surface area contributed by atoms with E-state index in [2.05, 4.69) is 4.98 Å². The van der Waals surface area contributed by atoms with Crippen LogP contribution in [0.5, 0.6) is 0 Å². The topological polar surface area (TPSA) is 59.8 Å². The number of ether oxygens (including phenoxy) is 2. The number of rotatable bonds is 2. The van der Waals surface area contributed by atoms with Gasteiger partial charge >= 0.3 is 0 Å². The minimum Gasteiger partial charge on any atom is -0.389 e. The summed E-state index contributed by atoms with van der Waals surface area (Å²) in [5, 5.41) is 10.6. The summed E-state index contributed by atoms with van der Waals surface area (Å²) in [6, 6.07) is -0.297. The maximum Gasteiger partial charge on any atom is 0.181 e. The number of aromatic nitrogens is 2. The number of aliphatic hydroxyl groups is 1. The number of aryl methyl sites for hydroxylation is 1. The lowest BCUT2D eigenvalue weighted by Gasteiger charge is -2.42. The fourth-order valence-corrected chi connectivity index (χ4v) is 3.02. The summed E-state index contributed by atoms with van der Waals surface area (Å²) in [6.45, 7) is 2.45. The second-order valence-corrected chi connectivity index (χ2v) is 5.19. The number of imidazole rings is 1. The van der Waals surface area contributed by atoms with Crippen LogP contribution in [0, 0.1) is 6.92 Å². The molecule has 0 saturated carbocycles. The van der Waals surface area contributed by atoms with Gasteiger partial charge in [0, 0.05) is 12.4 Å². The predicted molar refractivity (Wildman–Crippen MR) is 64.1 cm³/mol. The van der Waals surface area contributed by atoms with Crippen LogP contribution in [0.3, 0.4) is 0 Å². The Balaban J connectivity index is 1.96. The van der Waals surface area contributed by atoms with E-state index in [1.807, 2.05) is 36.7 Å². The lowest BCUT2D eigenvalue weighted by atomic mass is 9.95. The second-order valence-electron chi connectivity index (χ2n) is 5.19. The first-order valence-electron chi connectivity index (χ1n) is 6.20. The third-order valence-corrected chi connectivity index (χ3v) is 3.87. The van der Waals surface area contributed by atoms with Crippen molar-refractivity contribution in [2.24, 2.45) is 0 Å². The predicted octanol–water partition coefficient (Wildman–Crippen LogP) is -0.221. The molecular weight excluding hydrogens is 234 g/mol. The van der Waals surface area contributed by atoms with Gasteiger partial charge in [-0.1, -0.05) is 0 Å². The average molecular weight is 253 g/mol. The zero-order valence-electron chi connectivity index (χ0n) is 10.9. The van der Waals surface area contributed by atoms with Crippen molar-refractivity contribution in [2.45, 2.75) is 37.5 Å². The molecule has 6 nitrogen and oxygen atoms in total. The van der Waals surface area contributed by atoms with Crippen molar-refractivity contribution in [3.63, 3.8) is 0 Å². The number of hydrogen-bond acceptors (Lipinski definition) is 5. The standard InChI is InChI=1S/C12H19N3O3/c1-7-13-4-5-15(7)10-11(16)9(14(2)3)8-6-17-12(10)18-8/h4-5,8-12,16H,6H2,1-3H3. The van der Waals surface area contributed by atoms with Gasteiger partial charge in [-0.3, -0.25) is 0 Å². The number of aliphatic hydroxyl groups excluding tert-OH is 1. The normalized spacial score (nSPS) is 39.5. The molecule has 2 saturated heterocycles. The summed E-state index contributed by atoms with van der Waals surface area (Å²) >= 11 is 0. The Bertz CT molecular complexity index is 434. The molecule has 0 aliphatic carbocycles. The van der Waals surface area contributed by atoms with E-state index in [1.165, 1.54) is 0 Å². The van der Waals surface area contributed by atoms with Gasteiger partial charge in [0.25, 0.3) is 0 Å². The molecule has 1 aromatic heterocycles. The summed E-state index contributed by atoms with van der Waals surface area (Å²) in [6.07, 6.45) is 2.63. The molecule has 3 heterocycles. The highest BCUT2D eigenvalue weighted by atomic mass is 16.7. The van der Waals surface area contributed by atoms with E-state index in [1.54, 1.807) is 6.20 Å². The van der Waals surface area contributed by atoms with Gasteiger partial charge in [0.2, 0.25) is 0 Å². The van der Waals surface area contributed by atoms with Gasteiger partial charge in [-0.2, -0.15) is 0 Å². The van der Waals surface area contributed by atoms with Gasteiger partial charge in [0.05, 0.1) is 18.8 Å². The van der Waals surface area contributed by atoms with E-state index < -0.39 is 6.10 Å².